The van der Waals surface area contributed by atoms with E-state index in [-0.39, 0.29) is 24.6 Å². The number of nitrogens with zero attached hydrogens (tertiary/aromatic N) is 1. The molecule has 2 unspecified atom stereocenters. The van der Waals surface area contributed by atoms with E-state index in [0.717, 1.165) is 22.8 Å². The summed E-state index contributed by atoms with van der Waals surface area (Å²) in [5.74, 6) is -1.17. The Kier molecular flexibility index (Phi) is 5.41. The number of rotatable bonds is 3. The first-order chi connectivity index (χ1) is 17.0. The molecule has 3 aromatic carbocycles. The summed E-state index contributed by atoms with van der Waals surface area (Å²) >= 11 is 0. The van der Waals surface area contributed by atoms with Crippen molar-refractivity contribution in [1.82, 2.24) is 4.90 Å². The van der Waals surface area contributed by atoms with Crippen molar-refractivity contribution in [1.29, 1.82) is 0 Å². The van der Waals surface area contributed by atoms with Crippen LogP contribution in [0.1, 0.15) is 34.6 Å². The molecule has 0 N–H and O–H groups in total. The SMILES string of the molecule is Cc1cc(C2=CC3COCC(C2)N3C(=O)OCC2c3ccccc3-c3ccccc32)c(F)cc1F. The van der Waals surface area contributed by atoms with Crippen molar-refractivity contribution in [2.75, 3.05) is 19.8 Å². The zero-order valence-electron chi connectivity index (χ0n) is 19.3. The minimum absolute atomic E-state index is 0.0189. The highest BCUT2D eigenvalue weighted by molar-refractivity contribution is 5.79. The van der Waals surface area contributed by atoms with Gasteiger partial charge < -0.3 is 9.47 Å². The van der Waals surface area contributed by atoms with Gasteiger partial charge in [0.15, 0.2) is 0 Å². The quantitative estimate of drug-likeness (QED) is 0.463. The summed E-state index contributed by atoms with van der Waals surface area (Å²) in [5.41, 5.74) is 6.22. The van der Waals surface area contributed by atoms with E-state index in [4.69, 9.17) is 9.47 Å². The highest BCUT2D eigenvalue weighted by Crippen LogP contribution is 2.44. The number of hydrogen-bond donors (Lipinski definition) is 0. The average Bonchev–Trinajstić information content (AvgIpc) is 3.18. The van der Waals surface area contributed by atoms with Crippen LogP contribution in [0.2, 0.25) is 0 Å². The summed E-state index contributed by atoms with van der Waals surface area (Å²) in [7, 11) is 0. The van der Waals surface area contributed by atoms with Gasteiger partial charge in [-0.25, -0.2) is 13.6 Å². The maximum absolute atomic E-state index is 14.6. The first kappa shape index (κ1) is 22.0. The lowest BCUT2D eigenvalue weighted by atomic mass is 9.89. The van der Waals surface area contributed by atoms with Gasteiger partial charge in [-0.1, -0.05) is 54.6 Å². The predicted molar refractivity (Wildman–Crippen MR) is 129 cm³/mol. The van der Waals surface area contributed by atoms with Crippen molar-refractivity contribution in [2.45, 2.75) is 31.3 Å². The highest BCUT2D eigenvalue weighted by Gasteiger charge is 2.40. The van der Waals surface area contributed by atoms with Crippen molar-refractivity contribution in [3.63, 3.8) is 0 Å². The van der Waals surface area contributed by atoms with Crippen LogP contribution in [0.5, 0.6) is 0 Å². The molecule has 2 aliphatic heterocycles. The van der Waals surface area contributed by atoms with Crippen LogP contribution in [0.25, 0.3) is 16.7 Å². The number of fused-ring (bicyclic) bond motifs is 5. The van der Waals surface area contributed by atoms with Gasteiger partial charge in [0.25, 0.3) is 0 Å². The molecule has 2 heterocycles. The second-order valence-electron chi connectivity index (χ2n) is 9.45. The van der Waals surface area contributed by atoms with Crippen LogP contribution in [0.4, 0.5) is 13.6 Å². The lowest BCUT2D eigenvalue weighted by molar-refractivity contribution is -0.0331. The fraction of sp³-hybridized carbons (Fsp3) is 0.276. The summed E-state index contributed by atoms with van der Waals surface area (Å²) in [4.78, 5) is 15.0. The molecule has 0 saturated carbocycles. The van der Waals surface area contributed by atoms with E-state index in [1.165, 1.54) is 17.2 Å². The topological polar surface area (TPSA) is 38.8 Å². The second kappa shape index (κ2) is 8.61. The third-order valence-corrected chi connectivity index (χ3v) is 7.34. The molecule has 0 radical (unpaired) electrons. The van der Waals surface area contributed by atoms with Crippen molar-refractivity contribution in [3.05, 3.63) is 101 Å². The van der Waals surface area contributed by atoms with Crippen molar-refractivity contribution < 1.29 is 23.0 Å². The first-order valence-corrected chi connectivity index (χ1v) is 11.9. The summed E-state index contributed by atoms with van der Waals surface area (Å²) in [6.07, 6.45) is 1.88. The van der Waals surface area contributed by atoms with Gasteiger partial charge in [0, 0.05) is 17.5 Å². The predicted octanol–water partition coefficient (Wildman–Crippen LogP) is 6.08. The molecule has 6 heteroatoms. The fourth-order valence-electron chi connectivity index (χ4n) is 5.65. The Morgan fingerprint density at radius 2 is 1.66 bits per heavy atom. The van der Waals surface area contributed by atoms with Crippen molar-refractivity contribution >= 4 is 11.7 Å². The van der Waals surface area contributed by atoms with Gasteiger partial charge in [0.05, 0.1) is 25.3 Å². The fourth-order valence-corrected chi connectivity index (χ4v) is 5.65. The van der Waals surface area contributed by atoms with Gasteiger partial charge in [-0.3, -0.25) is 4.90 Å². The third-order valence-electron chi connectivity index (χ3n) is 7.34. The number of aryl methyl sites for hydroxylation is 1. The largest absolute Gasteiger partial charge is 0.448 e. The van der Waals surface area contributed by atoms with Crippen LogP contribution in [0.3, 0.4) is 0 Å². The molecule has 1 aliphatic carbocycles. The Morgan fingerprint density at radius 3 is 2.34 bits per heavy atom. The third kappa shape index (κ3) is 3.73. The zero-order valence-corrected chi connectivity index (χ0v) is 19.3. The number of hydrogen-bond acceptors (Lipinski definition) is 3. The van der Waals surface area contributed by atoms with Gasteiger partial charge in [0.2, 0.25) is 0 Å². The molecule has 2 atom stereocenters. The van der Waals surface area contributed by atoms with Crippen LogP contribution in [-0.2, 0) is 9.47 Å². The molecule has 3 aromatic rings. The van der Waals surface area contributed by atoms with Crippen molar-refractivity contribution in [3.8, 4) is 11.1 Å². The molecule has 6 rings (SSSR count). The van der Waals surface area contributed by atoms with Gasteiger partial charge in [-0.15, -0.1) is 0 Å². The molecule has 35 heavy (non-hydrogen) atoms. The number of benzene rings is 3. The number of carbonyl (C=O) groups excluding carboxylic acids is 1. The standard InChI is InChI=1S/C29H25F2NO3/c1-17-10-25(28(31)13-27(17)30)18-11-19-14-34-15-20(12-18)32(19)29(33)35-16-26-23-8-4-2-6-21(23)22-7-3-5-9-24(22)26/h2-11,13,19-20,26H,12,14-16H2,1H3. The number of carbonyl (C=O) groups is 1. The number of ether oxygens (including phenoxy) is 2. The first-order valence-electron chi connectivity index (χ1n) is 11.9. The molecule has 1 amide bonds. The minimum Gasteiger partial charge on any atom is -0.448 e. The molecular formula is C29H25F2NO3. The van der Waals surface area contributed by atoms with E-state index < -0.39 is 17.7 Å². The number of morpholine rings is 1. The average molecular weight is 474 g/mol. The number of halogens is 2. The van der Waals surface area contributed by atoms with Gasteiger partial charge in [0.1, 0.15) is 18.2 Å². The smallest absolute Gasteiger partial charge is 0.410 e. The summed E-state index contributed by atoms with van der Waals surface area (Å²) in [5, 5.41) is 0. The van der Waals surface area contributed by atoms with Gasteiger partial charge >= 0.3 is 6.09 Å². The lowest BCUT2D eigenvalue weighted by Gasteiger charge is -2.44. The molecular weight excluding hydrogens is 448 g/mol. The molecule has 2 bridgehead atoms. The summed E-state index contributed by atoms with van der Waals surface area (Å²) in [6, 6.07) is 18.3. The zero-order chi connectivity index (χ0) is 24.1. The van der Waals surface area contributed by atoms with Crippen LogP contribution in [-0.4, -0.2) is 42.9 Å². The second-order valence-corrected chi connectivity index (χ2v) is 9.45. The maximum Gasteiger partial charge on any atom is 0.410 e. The molecule has 178 valence electrons. The molecule has 1 fully saturated rings. The van der Waals surface area contributed by atoms with E-state index in [1.807, 2.05) is 30.3 Å². The highest BCUT2D eigenvalue weighted by atomic mass is 19.1. The van der Waals surface area contributed by atoms with Crippen molar-refractivity contribution in [2.24, 2.45) is 0 Å². The Labute approximate surface area is 202 Å². The van der Waals surface area contributed by atoms with Crippen LogP contribution in [0.15, 0.2) is 66.7 Å². The van der Waals surface area contributed by atoms with Crippen LogP contribution < -0.4 is 0 Å². The summed E-state index contributed by atoms with van der Waals surface area (Å²) < 4.78 is 39.9. The Hall–Kier alpha value is -3.51. The van der Waals surface area contributed by atoms with E-state index >= 15 is 0 Å². The molecule has 0 spiro atoms. The van der Waals surface area contributed by atoms with Gasteiger partial charge in [-0.05, 0) is 52.8 Å². The molecule has 1 saturated heterocycles. The van der Waals surface area contributed by atoms with E-state index in [0.29, 0.717) is 30.8 Å². The van der Waals surface area contributed by atoms with E-state index in [9.17, 15) is 13.6 Å². The Morgan fingerprint density at radius 1 is 0.971 bits per heavy atom. The van der Waals surface area contributed by atoms with Crippen LogP contribution >= 0.6 is 0 Å². The normalized spacial score (nSPS) is 20.8. The Balaban J connectivity index is 1.23. The van der Waals surface area contributed by atoms with E-state index in [2.05, 4.69) is 24.3 Å². The monoisotopic (exact) mass is 473 g/mol. The Bertz CT molecular complexity index is 1310. The minimum atomic E-state index is -0.590. The maximum atomic E-state index is 14.6. The molecule has 3 aliphatic rings. The summed E-state index contributed by atoms with van der Waals surface area (Å²) in [6.45, 7) is 2.52. The molecule has 0 aromatic heterocycles. The van der Waals surface area contributed by atoms with E-state index in [1.54, 1.807) is 11.8 Å². The molecule has 4 nitrogen and oxygen atoms in total. The lowest BCUT2D eigenvalue weighted by Crippen LogP contribution is -2.56. The van der Waals surface area contributed by atoms with Gasteiger partial charge in [-0.2, -0.15) is 0 Å². The number of amides is 1. The van der Waals surface area contributed by atoms with Crippen LogP contribution in [0, 0.1) is 18.6 Å².